The Labute approximate surface area is 127 Å². The molecule has 1 aromatic heterocycles. The zero-order chi connectivity index (χ0) is 14.7. The van der Waals surface area contributed by atoms with Crippen LogP contribution in [0.25, 0.3) is 0 Å². The first-order chi connectivity index (χ1) is 9.54. The smallest absolute Gasteiger partial charge is 0.169 e. The number of nitrogens with zero attached hydrogens (tertiary/aromatic N) is 1. The van der Waals surface area contributed by atoms with E-state index in [2.05, 4.69) is 20.9 Å². The van der Waals surface area contributed by atoms with Gasteiger partial charge in [0.05, 0.1) is 19.2 Å². The number of Topliss-reactive ketones (excluding diaryl/α,β-unsaturated/α-hetero) is 1. The molecule has 0 saturated heterocycles. The third-order valence-corrected chi connectivity index (χ3v) is 3.94. The van der Waals surface area contributed by atoms with E-state index in [9.17, 15) is 4.79 Å². The average molecular weight is 334 g/mol. The number of pyridine rings is 1. The van der Waals surface area contributed by atoms with E-state index in [1.54, 1.807) is 13.3 Å². The summed E-state index contributed by atoms with van der Waals surface area (Å²) in [6.07, 6.45) is 2.01. The molecule has 0 saturated carbocycles. The maximum Gasteiger partial charge on any atom is 0.169 e. The number of rotatable bonds is 4. The molecule has 0 aliphatic carbocycles. The highest BCUT2D eigenvalue weighted by atomic mass is 79.9. The Bertz CT molecular complexity index is 653. The number of ketones is 1. The molecule has 2 aromatic rings. The number of benzene rings is 1. The van der Waals surface area contributed by atoms with E-state index in [1.807, 2.05) is 38.1 Å². The van der Waals surface area contributed by atoms with Crippen LogP contribution in [0.3, 0.4) is 0 Å². The number of hydrogen-bond acceptors (Lipinski definition) is 3. The number of aryl methyl sites for hydroxylation is 1. The summed E-state index contributed by atoms with van der Waals surface area (Å²) in [5, 5.41) is 0. The molecule has 104 valence electrons. The summed E-state index contributed by atoms with van der Waals surface area (Å²) in [7, 11) is 1.63. The summed E-state index contributed by atoms with van der Waals surface area (Å²) in [4.78, 5) is 16.7. The zero-order valence-corrected chi connectivity index (χ0v) is 13.3. The van der Waals surface area contributed by atoms with E-state index in [1.165, 1.54) is 0 Å². The van der Waals surface area contributed by atoms with Crippen molar-refractivity contribution in [2.24, 2.45) is 0 Å². The quantitative estimate of drug-likeness (QED) is 0.796. The fourth-order valence-electron chi connectivity index (χ4n) is 2.18. The van der Waals surface area contributed by atoms with Gasteiger partial charge >= 0.3 is 0 Å². The molecule has 0 fully saturated rings. The van der Waals surface area contributed by atoms with Crippen molar-refractivity contribution in [3.8, 4) is 5.75 Å². The van der Waals surface area contributed by atoms with Crippen molar-refractivity contribution in [2.45, 2.75) is 20.3 Å². The summed E-state index contributed by atoms with van der Waals surface area (Å²) in [6, 6.07) is 7.42. The first kappa shape index (κ1) is 14.7. The predicted octanol–water partition coefficient (Wildman–Crippen LogP) is 3.89. The number of aromatic nitrogens is 1. The molecule has 0 aliphatic rings. The van der Waals surface area contributed by atoms with Crippen LogP contribution in [0.2, 0.25) is 0 Å². The Morgan fingerprint density at radius 2 is 2.00 bits per heavy atom. The van der Waals surface area contributed by atoms with Crippen molar-refractivity contribution in [3.63, 3.8) is 0 Å². The van der Waals surface area contributed by atoms with E-state index in [0.717, 1.165) is 27.0 Å². The Balaban J connectivity index is 2.32. The Morgan fingerprint density at radius 1 is 1.30 bits per heavy atom. The number of ether oxygens (including phenoxy) is 1. The third kappa shape index (κ3) is 2.90. The van der Waals surface area contributed by atoms with Crippen molar-refractivity contribution >= 4 is 21.7 Å². The molecular formula is C16H16BrNO2. The standard InChI is InChI=1S/C16H16BrNO2/c1-10-9-18-14(11(2)16(10)20-3)8-15(19)12-6-4-5-7-13(12)17/h4-7,9H,8H2,1-3H3. The molecule has 3 nitrogen and oxygen atoms in total. The first-order valence-corrected chi connectivity index (χ1v) is 7.10. The second-order valence-electron chi connectivity index (χ2n) is 4.63. The number of carbonyl (C=O) groups is 1. The van der Waals surface area contributed by atoms with Gasteiger partial charge in [0.2, 0.25) is 0 Å². The summed E-state index contributed by atoms with van der Waals surface area (Å²) >= 11 is 3.40. The van der Waals surface area contributed by atoms with Gasteiger partial charge in [-0.25, -0.2) is 0 Å². The van der Waals surface area contributed by atoms with E-state index in [4.69, 9.17) is 4.74 Å². The lowest BCUT2D eigenvalue weighted by Crippen LogP contribution is -2.08. The van der Waals surface area contributed by atoms with E-state index in [0.29, 0.717) is 5.56 Å². The molecule has 0 radical (unpaired) electrons. The summed E-state index contributed by atoms with van der Waals surface area (Å²) in [5.74, 6) is 0.842. The largest absolute Gasteiger partial charge is 0.496 e. The average Bonchev–Trinajstić information content (AvgIpc) is 2.43. The molecule has 2 rings (SSSR count). The van der Waals surface area contributed by atoms with Gasteiger partial charge in [-0.1, -0.05) is 34.1 Å². The van der Waals surface area contributed by atoms with Crippen molar-refractivity contribution in [1.82, 2.24) is 4.98 Å². The minimum atomic E-state index is 0.0407. The Morgan fingerprint density at radius 3 is 2.65 bits per heavy atom. The maximum atomic E-state index is 12.4. The SMILES string of the molecule is COc1c(C)cnc(CC(=O)c2ccccc2Br)c1C. The van der Waals surface area contributed by atoms with Gasteiger partial charge in [0.25, 0.3) is 0 Å². The highest BCUT2D eigenvalue weighted by Gasteiger charge is 2.15. The number of methoxy groups -OCH3 is 1. The summed E-state index contributed by atoms with van der Waals surface area (Å²) < 4.78 is 6.17. The van der Waals surface area contributed by atoms with E-state index >= 15 is 0 Å². The molecular weight excluding hydrogens is 318 g/mol. The van der Waals surface area contributed by atoms with Gasteiger partial charge in [-0.2, -0.15) is 0 Å². The number of carbonyl (C=O) groups excluding carboxylic acids is 1. The van der Waals surface area contributed by atoms with E-state index in [-0.39, 0.29) is 12.2 Å². The van der Waals surface area contributed by atoms with Crippen LogP contribution in [0.15, 0.2) is 34.9 Å². The molecule has 0 N–H and O–H groups in total. The van der Waals surface area contributed by atoms with Crippen LogP contribution in [0.1, 0.15) is 27.2 Å². The molecule has 1 heterocycles. The molecule has 20 heavy (non-hydrogen) atoms. The number of halogens is 1. The summed E-state index contributed by atoms with van der Waals surface area (Å²) in [5.41, 5.74) is 3.33. The van der Waals surface area contributed by atoms with Gasteiger partial charge < -0.3 is 4.74 Å². The highest BCUT2D eigenvalue weighted by Crippen LogP contribution is 2.25. The van der Waals surface area contributed by atoms with Crippen molar-refractivity contribution in [1.29, 1.82) is 0 Å². The fraction of sp³-hybridized carbons (Fsp3) is 0.250. The van der Waals surface area contributed by atoms with Crippen LogP contribution in [0.5, 0.6) is 5.75 Å². The molecule has 1 aromatic carbocycles. The molecule has 0 amide bonds. The second-order valence-corrected chi connectivity index (χ2v) is 5.48. The van der Waals surface area contributed by atoms with Crippen LogP contribution >= 0.6 is 15.9 Å². The monoisotopic (exact) mass is 333 g/mol. The predicted molar refractivity (Wildman–Crippen MR) is 82.4 cm³/mol. The van der Waals surface area contributed by atoms with Gasteiger partial charge in [-0.15, -0.1) is 0 Å². The third-order valence-electron chi connectivity index (χ3n) is 3.25. The molecule has 0 bridgehead atoms. The van der Waals surface area contributed by atoms with Gasteiger partial charge in [-0.05, 0) is 19.9 Å². The van der Waals surface area contributed by atoms with Crippen LogP contribution in [-0.4, -0.2) is 17.9 Å². The lowest BCUT2D eigenvalue weighted by Gasteiger charge is -2.12. The molecule has 0 unspecified atom stereocenters. The van der Waals surface area contributed by atoms with Crippen molar-refractivity contribution < 1.29 is 9.53 Å². The Kier molecular flexibility index (Phi) is 4.55. The zero-order valence-electron chi connectivity index (χ0n) is 11.7. The fourth-order valence-corrected chi connectivity index (χ4v) is 2.69. The topological polar surface area (TPSA) is 39.2 Å². The molecule has 0 aliphatic heterocycles. The van der Waals surface area contributed by atoms with Crippen LogP contribution in [0.4, 0.5) is 0 Å². The van der Waals surface area contributed by atoms with Gasteiger partial charge in [0.15, 0.2) is 5.78 Å². The second kappa shape index (κ2) is 6.18. The first-order valence-electron chi connectivity index (χ1n) is 6.31. The highest BCUT2D eigenvalue weighted by molar-refractivity contribution is 9.10. The number of hydrogen-bond donors (Lipinski definition) is 0. The summed E-state index contributed by atoms with van der Waals surface area (Å²) in [6.45, 7) is 3.87. The van der Waals surface area contributed by atoms with Gasteiger partial charge in [0.1, 0.15) is 5.75 Å². The van der Waals surface area contributed by atoms with Crippen LogP contribution < -0.4 is 4.74 Å². The molecule has 0 atom stereocenters. The lowest BCUT2D eigenvalue weighted by molar-refractivity contribution is 0.0991. The molecule has 0 spiro atoms. The minimum absolute atomic E-state index is 0.0407. The Hall–Kier alpha value is -1.68. The van der Waals surface area contributed by atoms with Crippen molar-refractivity contribution in [2.75, 3.05) is 7.11 Å². The van der Waals surface area contributed by atoms with Gasteiger partial charge in [0, 0.05) is 27.4 Å². The van der Waals surface area contributed by atoms with Crippen molar-refractivity contribution in [3.05, 3.63) is 57.3 Å². The van der Waals surface area contributed by atoms with Crippen LogP contribution in [-0.2, 0) is 6.42 Å². The maximum absolute atomic E-state index is 12.4. The normalized spacial score (nSPS) is 10.4. The minimum Gasteiger partial charge on any atom is -0.496 e. The van der Waals surface area contributed by atoms with Crippen LogP contribution in [0, 0.1) is 13.8 Å². The molecule has 4 heteroatoms. The van der Waals surface area contributed by atoms with E-state index < -0.39 is 0 Å². The van der Waals surface area contributed by atoms with Gasteiger partial charge in [-0.3, -0.25) is 9.78 Å². The lowest BCUT2D eigenvalue weighted by atomic mass is 10.0.